The highest BCUT2D eigenvalue weighted by Crippen LogP contribution is 2.33. The Balaban J connectivity index is 1.66. The number of carbonyl (C=O) groups excluding carboxylic acids is 2. The Kier molecular flexibility index (Phi) is 8.48. The van der Waals surface area contributed by atoms with Gasteiger partial charge in [0.1, 0.15) is 0 Å². The van der Waals surface area contributed by atoms with E-state index in [9.17, 15) is 14.4 Å². The summed E-state index contributed by atoms with van der Waals surface area (Å²) < 4.78 is 0. The van der Waals surface area contributed by atoms with Gasteiger partial charge in [-0.15, -0.1) is 11.8 Å². The molecule has 1 heterocycles. The average Bonchev–Trinajstić information content (AvgIpc) is 3.06. The normalized spacial score (nSPS) is 13.9. The summed E-state index contributed by atoms with van der Waals surface area (Å²) in [5.41, 5.74) is 10.4. The topological polar surface area (TPSA) is 125 Å². The summed E-state index contributed by atoms with van der Waals surface area (Å²) in [7, 11) is 0. The minimum absolute atomic E-state index is 0.196. The molecule has 4 N–H and O–H groups in total. The predicted octanol–water partition coefficient (Wildman–Crippen LogP) is 4.02. The van der Waals surface area contributed by atoms with Crippen LogP contribution in [0.1, 0.15) is 54.1 Å². The molecule has 0 aliphatic carbocycles. The molecule has 174 valence electrons. The second-order valence-electron chi connectivity index (χ2n) is 7.73. The molecular formula is C24H28N4O4S. The Bertz CT molecular complexity index is 1050. The van der Waals surface area contributed by atoms with Crippen molar-refractivity contribution in [1.29, 1.82) is 0 Å². The van der Waals surface area contributed by atoms with Crippen molar-refractivity contribution in [2.75, 3.05) is 17.2 Å². The molecule has 0 saturated carbocycles. The molecule has 33 heavy (non-hydrogen) atoms. The van der Waals surface area contributed by atoms with Crippen LogP contribution < -0.4 is 16.1 Å². The van der Waals surface area contributed by atoms with E-state index in [-0.39, 0.29) is 17.2 Å². The van der Waals surface area contributed by atoms with Gasteiger partial charge in [0.05, 0.1) is 11.3 Å². The Hall–Kier alpha value is -3.33. The van der Waals surface area contributed by atoms with Crippen molar-refractivity contribution in [3.8, 4) is 0 Å². The van der Waals surface area contributed by atoms with E-state index in [0.717, 1.165) is 54.0 Å². The van der Waals surface area contributed by atoms with E-state index in [0.29, 0.717) is 12.1 Å². The summed E-state index contributed by atoms with van der Waals surface area (Å²) >= 11 is 1.67. The first-order valence-corrected chi connectivity index (χ1v) is 11.9. The van der Waals surface area contributed by atoms with Gasteiger partial charge < -0.3 is 15.7 Å². The number of carbonyl (C=O) groups is 3. The first kappa shape index (κ1) is 24.3. The highest BCUT2D eigenvalue weighted by molar-refractivity contribution is 7.99. The fraction of sp³-hybridized carbons (Fsp3) is 0.333. The molecule has 0 saturated heterocycles. The second-order valence-corrected chi connectivity index (χ2v) is 8.90. The lowest BCUT2D eigenvalue weighted by atomic mass is 10.1. The van der Waals surface area contributed by atoms with E-state index in [4.69, 9.17) is 10.8 Å². The summed E-state index contributed by atoms with van der Waals surface area (Å²) in [5.74, 6) is -0.300. The highest BCUT2D eigenvalue weighted by Gasteiger charge is 2.34. The van der Waals surface area contributed by atoms with E-state index in [2.05, 4.69) is 17.5 Å². The Morgan fingerprint density at radius 3 is 2.55 bits per heavy atom. The third-order valence-electron chi connectivity index (χ3n) is 5.30. The SMILES string of the molecule is CCCCCN1C(=O)/C(=N\NC(N)=O)c2cc(SCCCc3ccc(C(=O)O)cc3)ccc21. The molecule has 3 amide bonds. The zero-order valence-electron chi connectivity index (χ0n) is 18.5. The number of unbranched alkanes of at least 4 members (excludes halogenated alkanes) is 2. The van der Waals surface area contributed by atoms with E-state index >= 15 is 0 Å². The molecule has 9 heteroatoms. The molecule has 8 nitrogen and oxygen atoms in total. The summed E-state index contributed by atoms with van der Waals surface area (Å²) in [4.78, 5) is 37.7. The fourth-order valence-electron chi connectivity index (χ4n) is 3.62. The van der Waals surface area contributed by atoms with Gasteiger partial charge >= 0.3 is 12.0 Å². The summed E-state index contributed by atoms with van der Waals surface area (Å²) in [6.45, 7) is 2.71. The number of aryl methyl sites for hydroxylation is 1. The van der Waals surface area contributed by atoms with Gasteiger partial charge in [0.2, 0.25) is 0 Å². The van der Waals surface area contributed by atoms with Crippen LogP contribution in [-0.4, -0.2) is 41.0 Å². The number of rotatable bonds is 11. The van der Waals surface area contributed by atoms with Crippen LogP contribution in [0, 0.1) is 0 Å². The van der Waals surface area contributed by atoms with Crippen molar-refractivity contribution in [1.82, 2.24) is 5.43 Å². The van der Waals surface area contributed by atoms with Crippen molar-refractivity contribution >= 4 is 41.1 Å². The van der Waals surface area contributed by atoms with E-state index < -0.39 is 12.0 Å². The molecule has 1 aliphatic heterocycles. The standard InChI is InChI=1S/C24H28N4O4S/c1-2-3-4-13-28-20-12-11-18(15-19(20)21(22(28)29)26-27-24(25)32)33-14-5-6-16-7-9-17(10-8-16)23(30)31/h7-12,15H,2-6,13-14H2,1H3,(H,30,31)(H3,25,27,32)/b26-21-. The molecule has 0 spiro atoms. The number of carboxylic acid groups (broad SMARTS) is 1. The third-order valence-corrected chi connectivity index (χ3v) is 6.38. The molecule has 0 atom stereocenters. The number of benzene rings is 2. The van der Waals surface area contributed by atoms with Crippen LogP contribution in [0.4, 0.5) is 10.5 Å². The van der Waals surface area contributed by atoms with Gasteiger partial charge in [-0.2, -0.15) is 5.10 Å². The van der Waals surface area contributed by atoms with Crippen LogP contribution >= 0.6 is 11.8 Å². The molecule has 0 aromatic heterocycles. The summed E-state index contributed by atoms with van der Waals surface area (Å²) in [6.07, 6.45) is 4.73. The fourth-order valence-corrected chi connectivity index (χ4v) is 4.51. The van der Waals surface area contributed by atoms with Crippen LogP contribution in [0.2, 0.25) is 0 Å². The maximum absolute atomic E-state index is 12.9. The Labute approximate surface area is 197 Å². The Morgan fingerprint density at radius 1 is 1.12 bits per heavy atom. The second kappa shape index (κ2) is 11.5. The van der Waals surface area contributed by atoms with Crippen LogP contribution in [-0.2, 0) is 11.2 Å². The van der Waals surface area contributed by atoms with Gasteiger partial charge in [-0.05, 0) is 60.9 Å². The number of anilines is 1. The smallest absolute Gasteiger partial charge is 0.335 e. The van der Waals surface area contributed by atoms with Crippen LogP contribution in [0.3, 0.4) is 0 Å². The number of hydrazone groups is 1. The number of hydrogen-bond acceptors (Lipinski definition) is 5. The molecule has 2 aromatic rings. The number of carboxylic acids is 1. The molecule has 0 bridgehead atoms. The molecule has 1 aliphatic rings. The quantitative estimate of drug-likeness (QED) is 0.261. The van der Waals surface area contributed by atoms with Gasteiger partial charge in [0.25, 0.3) is 5.91 Å². The van der Waals surface area contributed by atoms with Gasteiger partial charge in [-0.1, -0.05) is 31.9 Å². The largest absolute Gasteiger partial charge is 0.478 e. The predicted molar refractivity (Wildman–Crippen MR) is 130 cm³/mol. The average molecular weight is 469 g/mol. The number of nitrogens with two attached hydrogens (primary N) is 1. The number of hydrogen-bond donors (Lipinski definition) is 3. The summed E-state index contributed by atoms with van der Waals surface area (Å²) in [5, 5.41) is 13.0. The lowest BCUT2D eigenvalue weighted by Gasteiger charge is -2.16. The van der Waals surface area contributed by atoms with Gasteiger partial charge in [0, 0.05) is 17.0 Å². The van der Waals surface area contributed by atoms with Gasteiger partial charge in [-0.25, -0.2) is 15.0 Å². The zero-order valence-corrected chi connectivity index (χ0v) is 19.4. The number of nitrogens with zero attached hydrogens (tertiary/aromatic N) is 2. The Morgan fingerprint density at radius 2 is 1.88 bits per heavy atom. The third kappa shape index (κ3) is 6.35. The van der Waals surface area contributed by atoms with Gasteiger partial charge in [0.15, 0.2) is 5.71 Å². The number of aromatic carboxylic acids is 1. The summed E-state index contributed by atoms with van der Waals surface area (Å²) in [6, 6.07) is 12.0. The van der Waals surface area contributed by atoms with Crippen molar-refractivity contribution in [3.63, 3.8) is 0 Å². The van der Waals surface area contributed by atoms with Crippen LogP contribution in [0.5, 0.6) is 0 Å². The minimum atomic E-state index is -0.926. The van der Waals surface area contributed by atoms with Crippen LogP contribution in [0.15, 0.2) is 52.5 Å². The molecule has 2 aromatic carbocycles. The van der Waals surface area contributed by atoms with Crippen molar-refractivity contribution in [3.05, 3.63) is 59.2 Å². The lowest BCUT2D eigenvalue weighted by Crippen LogP contribution is -2.33. The molecule has 0 fully saturated rings. The van der Waals surface area contributed by atoms with E-state index in [1.807, 2.05) is 30.3 Å². The van der Waals surface area contributed by atoms with Gasteiger partial charge in [-0.3, -0.25) is 4.79 Å². The monoisotopic (exact) mass is 468 g/mol. The number of primary amides is 1. The number of thioether (sulfide) groups is 1. The van der Waals surface area contributed by atoms with Crippen molar-refractivity contribution < 1.29 is 19.5 Å². The van der Waals surface area contributed by atoms with Crippen LogP contribution in [0.25, 0.3) is 0 Å². The number of nitrogens with one attached hydrogen (secondary N) is 1. The highest BCUT2D eigenvalue weighted by atomic mass is 32.2. The number of amides is 3. The molecule has 0 unspecified atom stereocenters. The number of urea groups is 1. The minimum Gasteiger partial charge on any atom is -0.478 e. The van der Waals surface area contributed by atoms with E-state index in [1.165, 1.54) is 0 Å². The first-order chi connectivity index (χ1) is 15.9. The maximum Gasteiger partial charge on any atom is 0.335 e. The first-order valence-electron chi connectivity index (χ1n) is 10.9. The molecule has 3 rings (SSSR count). The maximum atomic E-state index is 12.9. The molecule has 0 radical (unpaired) electrons. The molecular weight excluding hydrogens is 440 g/mol. The number of fused-ring (bicyclic) bond motifs is 1. The zero-order chi connectivity index (χ0) is 23.8. The lowest BCUT2D eigenvalue weighted by molar-refractivity contribution is -0.112. The van der Waals surface area contributed by atoms with Crippen molar-refractivity contribution in [2.45, 2.75) is 43.9 Å². The van der Waals surface area contributed by atoms with E-state index in [1.54, 1.807) is 28.8 Å². The van der Waals surface area contributed by atoms with Crippen molar-refractivity contribution in [2.24, 2.45) is 10.8 Å².